The number of para-hydroxylation sites is 1. The summed E-state index contributed by atoms with van der Waals surface area (Å²) in [5.41, 5.74) is 6.37. The SMILES string of the molecule is CCOc1c(N)cccc1C(=O)N(CC#N)CC#N. The number of amides is 1. The number of nitriles is 2. The van der Waals surface area contributed by atoms with Crippen LogP contribution < -0.4 is 10.5 Å². The molecule has 1 rings (SSSR count). The molecule has 0 spiro atoms. The summed E-state index contributed by atoms with van der Waals surface area (Å²) >= 11 is 0. The zero-order chi connectivity index (χ0) is 14.3. The normalized spacial score (nSPS) is 9.21. The smallest absolute Gasteiger partial charge is 0.259 e. The standard InChI is InChI=1S/C13H14N4O2/c1-2-19-12-10(4-3-5-11(12)16)13(18)17(8-6-14)9-7-15/h3-5H,2,8-9,16H2,1H3. The van der Waals surface area contributed by atoms with E-state index in [4.69, 9.17) is 21.0 Å². The molecule has 0 aromatic heterocycles. The number of hydrogen-bond donors (Lipinski definition) is 1. The summed E-state index contributed by atoms with van der Waals surface area (Å²) in [4.78, 5) is 13.4. The summed E-state index contributed by atoms with van der Waals surface area (Å²) in [5.74, 6) is -0.158. The van der Waals surface area contributed by atoms with Crippen LogP contribution in [0.3, 0.4) is 0 Å². The van der Waals surface area contributed by atoms with Crippen molar-refractivity contribution >= 4 is 11.6 Å². The van der Waals surface area contributed by atoms with Gasteiger partial charge >= 0.3 is 0 Å². The minimum atomic E-state index is -0.446. The molecule has 0 fully saturated rings. The molecule has 0 saturated heterocycles. The second-order valence-electron chi connectivity index (χ2n) is 3.63. The van der Waals surface area contributed by atoms with E-state index in [0.29, 0.717) is 12.3 Å². The molecule has 0 aliphatic heterocycles. The van der Waals surface area contributed by atoms with Crippen LogP contribution >= 0.6 is 0 Å². The number of hydrogen-bond acceptors (Lipinski definition) is 5. The molecule has 0 radical (unpaired) electrons. The third-order valence-corrected chi connectivity index (χ3v) is 2.37. The van der Waals surface area contributed by atoms with Crippen LogP contribution in [0, 0.1) is 22.7 Å². The average Bonchev–Trinajstić information content (AvgIpc) is 2.40. The van der Waals surface area contributed by atoms with Gasteiger partial charge in [-0.2, -0.15) is 10.5 Å². The van der Waals surface area contributed by atoms with Crippen LogP contribution in [0.2, 0.25) is 0 Å². The van der Waals surface area contributed by atoms with Crippen LogP contribution in [-0.4, -0.2) is 30.5 Å². The Morgan fingerprint density at radius 2 is 2.00 bits per heavy atom. The van der Waals surface area contributed by atoms with Gasteiger partial charge in [-0.05, 0) is 19.1 Å². The van der Waals surface area contributed by atoms with Gasteiger partial charge in [0.25, 0.3) is 5.91 Å². The quantitative estimate of drug-likeness (QED) is 0.630. The summed E-state index contributed by atoms with van der Waals surface area (Å²) in [6.07, 6.45) is 0. The molecular formula is C13H14N4O2. The highest BCUT2D eigenvalue weighted by Gasteiger charge is 2.20. The number of ether oxygens (including phenoxy) is 1. The molecule has 1 aromatic rings. The first-order chi connectivity index (χ1) is 9.15. The third kappa shape index (κ3) is 3.36. The van der Waals surface area contributed by atoms with Gasteiger partial charge in [0.2, 0.25) is 0 Å². The number of nitrogens with zero attached hydrogens (tertiary/aromatic N) is 3. The predicted molar refractivity (Wildman–Crippen MR) is 69.2 cm³/mol. The van der Waals surface area contributed by atoms with Gasteiger partial charge in [0.05, 0.1) is 30.0 Å². The maximum absolute atomic E-state index is 12.3. The predicted octanol–water partition coefficient (Wildman–Crippen LogP) is 1.16. The Labute approximate surface area is 111 Å². The summed E-state index contributed by atoms with van der Waals surface area (Å²) in [5, 5.41) is 17.4. The van der Waals surface area contributed by atoms with E-state index in [1.807, 2.05) is 12.1 Å². The van der Waals surface area contributed by atoms with Crippen molar-refractivity contribution in [2.24, 2.45) is 0 Å². The van der Waals surface area contributed by atoms with Gasteiger partial charge in [0.15, 0.2) is 5.75 Å². The Kier molecular flexibility index (Phi) is 5.18. The number of benzene rings is 1. The highest BCUT2D eigenvalue weighted by Crippen LogP contribution is 2.27. The van der Waals surface area contributed by atoms with Gasteiger partial charge in [-0.15, -0.1) is 0 Å². The topological polar surface area (TPSA) is 103 Å². The molecule has 0 atom stereocenters. The lowest BCUT2D eigenvalue weighted by Crippen LogP contribution is -2.32. The van der Waals surface area contributed by atoms with E-state index in [0.717, 1.165) is 4.90 Å². The molecular weight excluding hydrogens is 244 g/mol. The molecule has 0 saturated carbocycles. The lowest BCUT2D eigenvalue weighted by molar-refractivity contribution is 0.0790. The maximum atomic E-state index is 12.3. The number of carbonyl (C=O) groups excluding carboxylic acids is 1. The number of nitrogens with two attached hydrogens (primary N) is 1. The van der Waals surface area contributed by atoms with Gasteiger partial charge in [0, 0.05) is 0 Å². The van der Waals surface area contributed by atoms with Crippen molar-refractivity contribution < 1.29 is 9.53 Å². The van der Waals surface area contributed by atoms with Crippen LogP contribution in [0.4, 0.5) is 5.69 Å². The second kappa shape index (κ2) is 6.87. The Bertz CT molecular complexity index is 527. The zero-order valence-corrected chi connectivity index (χ0v) is 10.6. The van der Waals surface area contributed by atoms with Crippen molar-refractivity contribution in [1.82, 2.24) is 4.90 Å². The summed E-state index contributed by atoms with van der Waals surface area (Å²) in [6.45, 7) is 1.83. The van der Waals surface area contributed by atoms with E-state index in [9.17, 15) is 4.79 Å². The third-order valence-electron chi connectivity index (χ3n) is 2.37. The molecule has 1 amide bonds. The fourth-order valence-corrected chi connectivity index (χ4v) is 1.57. The van der Waals surface area contributed by atoms with Gasteiger partial charge in [-0.25, -0.2) is 0 Å². The Hall–Kier alpha value is -2.73. The number of rotatable bonds is 5. The minimum Gasteiger partial charge on any atom is -0.491 e. The average molecular weight is 258 g/mol. The van der Waals surface area contributed by atoms with Crippen molar-refractivity contribution in [1.29, 1.82) is 10.5 Å². The Morgan fingerprint density at radius 3 is 2.53 bits per heavy atom. The first-order valence-corrected chi connectivity index (χ1v) is 5.70. The second-order valence-corrected chi connectivity index (χ2v) is 3.63. The minimum absolute atomic E-state index is 0.160. The van der Waals surface area contributed by atoms with Crippen molar-refractivity contribution in [3.05, 3.63) is 23.8 Å². The van der Waals surface area contributed by atoms with E-state index in [-0.39, 0.29) is 24.4 Å². The van der Waals surface area contributed by atoms with E-state index >= 15 is 0 Å². The number of carbonyl (C=O) groups is 1. The first-order valence-electron chi connectivity index (χ1n) is 5.70. The van der Waals surface area contributed by atoms with Crippen LogP contribution in [0.1, 0.15) is 17.3 Å². The molecule has 98 valence electrons. The fraction of sp³-hybridized carbons (Fsp3) is 0.308. The molecule has 0 aliphatic carbocycles. The zero-order valence-electron chi connectivity index (χ0n) is 10.6. The highest BCUT2D eigenvalue weighted by atomic mass is 16.5. The lowest BCUT2D eigenvalue weighted by Gasteiger charge is -2.18. The molecule has 0 bridgehead atoms. The van der Waals surface area contributed by atoms with Crippen LogP contribution in [0.15, 0.2) is 18.2 Å². The molecule has 0 aliphatic rings. The number of nitrogen functional groups attached to an aromatic ring is 1. The van der Waals surface area contributed by atoms with Crippen molar-refractivity contribution in [2.75, 3.05) is 25.4 Å². The largest absolute Gasteiger partial charge is 0.491 e. The van der Waals surface area contributed by atoms with E-state index < -0.39 is 5.91 Å². The molecule has 6 nitrogen and oxygen atoms in total. The monoisotopic (exact) mass is 258 g/mol. The highest BCUT2D eigenvalue weighted by molar-refractivity contribution is 5.98. The Morgan fingerprint density at radius 1 is 1.37 bits per heavy atom. The maximum Gasteiger partial charge on any atom is 0.259 e. The van der Waals surface area contributed by atoms with E-state index in [2.05, 4.69) is 0 Å². The van der Waals surface area contributed by atoms with E-state index in [1.165, 1.54) is 0 Å². The van der Waals surface area contributed by atoms with Gasteiger partial charge in [0.1, 0.15) is 13.1 Å². The molecule has 1 aromatic carbocycles. The van der Waals surface area contributed by atoms with Gasteiger partial charge < -0.3 is 15.4 Å². The molecule has 6 heteroatoms. The lowest BCUT2D eigenvalue weighted by atomic mass is 10.1. The van der Waals surface area contributed by atoms with Crippen molar-refractivity contribution in [2.45, 2.75) is 6.92 Å². The van der Waals surface area contributed by atoms with Gasteiger partial charge in [-0.3, -0.25) is 4.79 Å². The van der Waals surface area contributed by atoms with Crippen LogP contribution in [0.25, 0.3) is 0 Å². The van der Waals surface area contributed by atoms with Crippen molar-refractivity contribution in [3.8, 4) is 17.9 Å². The Balaban J connectivity index is 3.14. The molecule has 2 N–H and O–H groups in total. The van der Waals surface area contributed by atoms with E-state index in [1.54, 1.807) is 25.1 Å². The molecule has 19 heavy (non-hydrogen) atoms. The number of anilines is 1. The first kappa shape index (κ1) is 14.3. The fourth-order valence-electron chi connectivity index (χ4n) is 1.57. The molecule has 0 heterocycles. The summed E-state index contributed by atoms with van der Waals surface area (Å²) < 4.78 is 5.36. The summed E-state index contributed by atoms with van der Waals surface area (Å²) in [7, 11) is 0. The van der Waals surface area contributed by atoms with Crippen LogP contribution in [-0.2, 0) is 0 Å². The summed E-state index contributed by atoms with van der Waals surface area (Å²) in [6, 6.07) is 8.52. The molecule has 0 unspecified atom stereocenters. The van der Waals surface area contributed by atoms with Crippen molar-refractivity contribution in [3.63, 3.8) is 0 Å². The van der Waals surface area contributed by atoms with Gasteiger partial charge in [-0.1, -0.05) is 6.07 Å². The van der Waals surface area contributed by atoms with Crippen LogP contribution in [0.5, 0.6) is 5.75 Å².